The van der Waals surface area contributed by atoms with Gasteiger partial charge in [0.25, 0.3) is 0 Å². The van der Waals surface area contributed by atoms with Crippen molar-refractivity contribution in [3.8, 4) is 0 Å². The van der Waals surface area contributed by atoms with Crippen molar-refractivity contribution in [2.24, 2.45) is 5.73 Å². The molecule has 0 spiro atoms. The average Bonchev–Trinajstić information content (AvgIpc) is 2.85. The fraction of sp³-hybridized carbons (Fsp3) is 0.357. The lowest BCUT2D eigenvalue weighted by molar-refractivity contribution is 0.673. The van der Waals surface area contributed by atoms with Crippen molar-refractivity contribution in [2.45, 2.75) is 32.4 Å². The first kappa shape index (κ1) is 11.9. The first-order valence-corrected chi connectivity index (χ1v) is 6.09. The van der Waals surface area contributed by atoms with Gasteiger partial charge in [-0.1, -0.05) is 13.0 Å². The summed E-state index contributed by atoms with van der Waals surface area (Å²) >= 11 is 0. The first-order valence-electron chi connectivity index (χ1n) is 6.09. The zero-order valence-corrected chi connectivity index (χ0v) is 10.2. The fourth-order valence-electron chi connectivity index (χ4n) is 1.86. The minimum absolute atomic E-state index is 0.162. The summed E-state index contributed by atoms with van der Waals surface area (Å²) in [5.41, 5.74) is 8.48. The third kappa shape index (κ3) is 3.17. The second-order valence-corrected chi connectivity index (χ2v) is 4.31. The number of rotatable bonds is 5. The van der Waals surface area contributed by atoms with Crippen LogP contribution in [0.1, 0.15) is 30.5 Å². The molecule has 0 aromatic carbocycles. The molecule has 3 nitrogen and oxygen atoms in total. The van der Waals surface area contributed by atoms with E-state index in [0.29, 0.717) is 0 Å². The van der Waals surface area contributed by atoms with Gasteiger partial charge in [-0.25, -0.2) is 0 Å². The van der Waals surface area contributed by atoms with Crippen LogP contribution in [0, 0.1) is 0 Å². The molecule has 0 fully saturated rings. The normalized spacial score (nSPS) is 12.6. The molecule has 0 bridgehead atoms. The molecule has 0 saturated heterocycles. The van der Waals surface area contributed by atoms with Gasteiger partial charge in [0.05, 0.1) is 0 Å². The largest absolute Gasteiger partial charge is 0.354 e. The van der Waals surface area contributed by atoms with Gasteiger partial charge in [0.15, 0.2) is 0 Å². The molecule has 2 N–H and O–H groups in total. The van der Waals surface area contributed by atoms with E-state index in [0.717, 1.165) is 19.4 Å². The Hall–Kier alpha value is -1.61. The van der Waals surface area contributed by atoms with E-state index in [1.165, 1.54) is 11.1 Å². The van der Waals surface area contributed by atoms with Crippen molar-refractivity contribution in [2.75, 3.05) is 0 Å². The molecule has 1 unspecified atom stereocenters. The minimum Gasteiger partial charge on any atom is -0.354 e. The third-order valence-corrected chi connectivity index (χ3v) is 3.02. The van der Waals surface area contributed by atoms with Gasteiger partial charge in [0, 0.05) is 37.4 Å². The molecule has 2 aromatic heterocycles. The van der Waals surface area contributed by atoms with Crippen molar-refractivity contribution >= 4 is 0 Å². The molecule has 0 saturated carbocycles. The highest BCUT2D eigenvalue weighted by molar-refractivity contribution is 5.15. The van der Waals surface area contributed by atoms with Crippen LogP contribution in [0.3, 0.4) is 0 Å². The Kier molecular flexibility index (Phi) is 3.94. The standard InChI is InChI=1S/C14H19N3/c1-2-14(15)13-6-9-17(11-13)8-5-12-4-3-7-16-10-12/h3-4,6-7,9-11,14H,2,5,8,15H2,1H3. The number of hydrogen-bond donors (Lipinski definition) is 1. The predicted molar refractivity (Wildman–Crippen MR) is 69.6 cm³/mol. The van der Waals surface area contributed by atoms with Crippen LogP contribution in [0.25, 0.3) is 0 Å². The molecule has 1 atom stereocenters. The molecule has 0 aliphatic carbocycles. The van der Waals surface area contributed by atoms with Crippen LogP contribution in [0.4, 0.5) is 0 Å². The van der Waals surface area contributed by atoms with Crippen LogP contribution in [0.2, 0.25) is 0 Å². The molecule has 2 rings (SSSR count). The molecule has 90 valence electrons. The molecule has 3 heteroatoms. The molecule has 0 radical (unpaired) electrons. The van der Waals surface area contributed by atoms with E-state index in [1.807, 2.05) is 12.3 Å². The Balaban J connectivity index is 1.94. The Morgan fingerprint density at radius 2 is 2.29 bits per heavy atom. The maximum absolute atomic E-state index is 5.99. The average molecular weight is 229 g/mol. The van der Waals surface area contributed by atoms with Gasteiger partial charge < -0.3 is 10.3 Å². The lowest BCUT2D eigenvalue weighted by atomic mass is 10.1. The molecule has 2 heterocycles. The second kappa shape index (κ2) is 5.64. The first-order chi connectivity index (χ1) is 8.29. The molecule has 0 aliphatic heterocycles. The monoisotopic (exact) mass is 229 g/mol. The van der Waals surface area contributed by atoms with Crippen LogP contribution in [-0.2, 0) is 13.0 Å². The van der Waals surface area contributed by atoms with Crippen molar-refractivity contribution in [3.63, 3.8) is 0 Å². The fourth-order valence-corrected chi connectivity index (χ4v) is 1.86. The zero-order chi connectivity index (χ0) is 12.1. The highest BCUT2D eigenvalue weighted by atomic mass is 14.9. The van der Waals surface area contributed by atoms with Crippen molar-refractivity contribution in [1.29, 1.82) is 0 Å². The van der Waals surface area contributed by atoms with Crippen LogP contribution < -0.4 is 5.73 Å². The van der Waals surface area contributed by atoms with Crippen LogP contribution in [0.15, 0.2) is 43.0 Å². The van der Waals surface area contributed by atoms with Gasteiger partial charge in [-0.3, -0.25) is 4.98 Å². The summed E-state index contributed by atoms with van der Waals surface area (Å²) in [6.07, 6.45) is 9.95. The van der Waals surface area contributed by atoms with E-state index in [2.05, 4.69) is 41.0 Å². The van der Waals surface area contributed by atoms with Gasteiger partial charge >= 0.3 is 0 Å². The number of aryl methyl sites for hydroxylation is 2. The SMILES string of the molecule is CCC(N)c1ccn(CCc2cccnc2)c1. The highest BCUT2D eigenvalue weighted by Crippen LogP contribution is 2.14. The Morgan fingerprint density at radius 3 is 3.00 bits per heavy atom. The minimum atomic E-state index is 0.162. The van der Waals surface area contributed by atoms with Gasteiger partial charge in [-0.2, -0.15) is 0 Å². The predicted octanol–water partition coefficient (Wildman–Crippen LogP) is 2.54. The summed E-state index contributed by atoms with van der Waals surface area (Å²) in [5.74, 6) is 0. The summed E-state index contributed by atoms with van der Waals surface area (Å²) in [5, 5.41) is 0. The number of nitrogens with two attached hydrogens (primary N) is 1. The second-order valence-electron chi connectivity index (χ2n) is 4.31. The van der Waals surface area contributed by atoms with Gasteiger partial charge in [0.2, 0.25) is 0 Å². The summed E-state index contributed by atoms with van der Waals surface area (Å²) in [7, 11) is 0. The number of aromatic nitrogens is 2. The quantitative estimate of drug-likeness (QED) is 0.856. The third-order valence-electron chi connectivity index (χ3n) is 3.02. The number of hydrogen-bond acceptors (Lipinski definition) is 2. The molecule has 0 amide bonds. The number of nitrogens with zero attached hydrogens (tertiary/aromatic N) is 2. The lowest BCUT2D eigenvalue weighted by Crippen LogP contribution is -2.07. The number of pyridine rings is 1. The maximum atomic E-state index is 5.99. The van der Waals surface area contributed by atoms with Gasteiger partial charge in [-0.05, 0) is 36.1 Å². The highest BCUT2D eigenvalue weighted by Gasteiger charge is 2.04. The Labute approximate surface area is 102 Å². The molecule has 2 aromatic rings. The smallest absolute Gasteiger partial charge is 0.0307 e. The van der Waals surface area contributed by atoms with Crippen LogP contribution >= 0.6 is 0 Å². The Morgan fingerprint density at radius 1 is 1.41 bits per heavy atom. The van der Waals surface area contributed by atoms with E-state index in [1.54, 1.807) is 6.20 Å². The zero-order valence-electron chi connectivity index (χ0n) is 10.2. The summed E-state index contributed by atoms with van der Waals surface area (Å²) < 4.78 is 2.19. The van der Waals surface area contributed by atoms with E-state index < -0.39 is 0 Å². The summed E-state index contributed by atoms with van der Waals surface area (Å²) in [6.45, 7) is 3.08. The van der Waals surface area contributed by atoms with E-state index >= 15 is 0 Å². The maximum Gasteiger partial charge on any atom is 0.0307 e. The summed E-state index contributed by atoms with van der Waals surface area (Å²) in [4.78, 5) is 4.11. The van der Waals surface area contributed by atoms with Crippen LogP contribution in [0.5, 0.6) is 0 Å². The lowest BCUT2D eigenvalue weighted by Gasteiger charge is -2.06. The topological polar surface area (TPSA) is 43.8 Å². The molecule has 0 aliphatic rings. The van der Waals surface area contributed by atoms with Gasteiger partial charge in [0.1, 0.15) is 0 Å². The van der Waals surface area contributed by atoms with Crippen molar-refractivity contribution < 1.29 is 0 Å². The summed E-state index contributed by atoms with van der Waals surface area (Å²) in [6, 6.07) is 6.35. The van der Waals surface area contributed by atoms with E-state index in [4.69, 9.17) is 5.73 Å². The Bertz CT molecular complexity index is 448. The van der Waals surface area contributed by atoms with Crippen molar-refractivity contribution in [3.05, 3.63) is 54.1 Å². The molecule has 17 heavy (non-hydrogen) atoms. The molecular weight excluding hydrogens is 210 g/mol. The van der Waals surface area contributed by atoms with E-state index in [-0.39, 0.29) is 6.04 Å². The van der Waals surface area contributed by atoms with Crippen LogP contribution in [-0.4, -0.2) is 9.55 Å². The van der Waals surface area contributed by atoms with Crippen molar-refractivity contribution in [1.82, 2.24) is 9.55 Å². The van der Waals surface area contributed by atoms with E-state index in [9.17, 15) is 0 Å². The van der Waals surface area contributed by atoms with Gasteiger partial charge in [-0.15, -0.1) is 0 Å². The molecular formula is C14H19N3.